The van der Waals surface area contributed by atoms with E-state index in [0.29, 0.717) is 13.0 Å². The minimum Gasteiger partial charge on any atom is -0.379 e. The van der Waals surface area contributed by atoms with E-state index in [4.69, 9.17) is 9.47 Å². The highest BCUT2D eigenvalue weighted by Crippen LogP contribution is 2.20. The third-order valence-electron chi connectivity index (χ3n) is 5.01. The molecule has 3 saturated heterocycles. The van der Waals surface area contributed by atoms with E-state index in [9.17, 15) is 4.79 Å². The Hall–Kier alpha value is -0.110. The molecule has 3 aliphatic heterocycles. The second-order valence-corrected chi connectivity index (χ2v) is 6.67. The molecule has 0 bridgehead atoms. The van der Waals surface area contributed by atoms with Gasteiger partial charge >= 0.3 is 0 Å². The summed E-state index contributed by atoms with van der Waals surface area (Å²) in [6.07, 6.45) is 2.85. The molecular weight excluding hydrogens is 353 g/mol. The number of rotatable bonds is 4. The quantitative estimate of drug-likeness (QED) is 0.777. The average Bonchev–Trinajstić information content (AvgIpc) is 2.57. The van der Waals surface area contributed by atoms with Crippen LogP contribution in [0.3, 0.4) is 0 Å². The summed E-state index contributed by atoms with van der Waals surface area (Å²) >= 11 is 0. The highest BCUT2D eigenvalue weighted by Gasteiger charge is 2.26. The topological polar surface area (TPSA) is 54.0 Å². The van der Waals surface area contributed by atoms with Crippen LogP contribution in [0.1, 0.15) is 19.3 Å². The average molecular weight is 384 g/mol. The lowest BCUT2D eigenvalue weighted by atomic mass is 9.95. The number of morpholine rings is 2. The van der Waals surface area contributed by atoms with Crippen LogP contribution in [0.4, 0.5) is 0 Å². The maximum absolute atomic E-state index is 12.4. The van der Waals surface area contributed by atoms with Crippen molar-refractivity contribution in [2.45, 2.75) is 25.3 Å². The van der Waals surface area contributed by atoms with Crippen molar-refractivity contribution in [2.24, 2.45) is 5.92 Å². The van der Waals surface area contributed by atoms with Gasteiger partial charge in [0, 0.05) is 51.7 Å². The van der Waals surface area contributed by atoms with Gasteiger partial charge in [0.1, 0.15) is 0 Å². The minimum atomic E-state index is 0. The van der Waals surface area contributed by atoms with E-state index in [1.807, 2.05) is 4.90 Å². The van der Waals surface area contributed by atoms with Gasteiger partial charge in [0.2, 0.25) is 5.91 Å². The van der Waals surface area contributed by atoms with Gasteiger partial charge in [-0.2, -0.15) is 0 Å². The fourth-order valence-corrected chi connectivity index (χ4v) is 3.60. The van der Waals surface area contributed by atoms with Crippen molar-refractivity contribution in [3.8, 4) is 0 Å². The van der Waals surface area contributed by atoms with Gasteiger partial charge < -0.3 is 19.7 Å². The van der Waals surface area contributed by atoms with E-state index in [1.54, 1.807) is 0 Å². The number of carbonyl (C=O) groups is 1. The number of carbonyl (C=O) groups excluding carboxylic acids is 1. The summed E-state index contributed by atoms with van der Waals surface area (Å²) in [4.78, 5) is 16.9. The van der Waals surface area contributed by atoms with Gasteiger partial charge in [-0.1, -0.05) is 0 Å². The maximum Gasteiger partial charge on any atom is 0.224 e. The molecule has 0 aromatic rings. The minimum absolute atomic E-state index is 0. The van der Waals surface area contributed by atoms with Crippen molar-refractivity contribution in [1.82, 2.24) is 15.1 Å². The first-order valence-electron chi connectivity index (χ1n) is 8.70. The molecule has 0 aliphatic carbocycles. The SMILES string of the molecule is Cl.Cl.O=C(CC1COCCN1)N1CCC(CN2CCOCC2)CC1. The predicted octanol–water partition coefficient (Wildman–Crippen LogP) is 0.779. The van der Waals surface area contributed by atoms with Crippen molar-refractivity contribution in [3.63, 3.8) is 0 Å². The van der Waals surface area contributed by atoms with Gasteiger partial charge in [0.05, 0.1) is 26.4 Å². The smallest absolute Gasteiger partial charge is 0.224 e. The zero-order valence-electron chi connectivity index (χ0n) is 14.3. The Morgan fingerprint density at radius 2 is 1.71 bits per heavy atom. The van der Waals surface area contributed by atoms with Crippen LogP contribution in [0.15, 0.2) is 0 Å². The number of hydrogen-bond acceptors (Lipinski definition) is 5. The van der Waals surface area contributed by atoms with Gasteiger partial charge in [-0.05, 0) is 18.8 Å². The number of nitrogens with zero attached hydrogens (tertiary/aromatic N) is 2. The first-order valence-corrected chi connectivity index (χ1v) is 8.70. The molecule has 3 fully saturated rings. The van der Waals surface area contributed by atoms with E-state index < -0.39 is 0 Å². The molecule has 1 amide bonds. The zero-order chi connectivity index (χ0) is 15.2. The lowest BCUT2D eigenvalue weighted by Crippen LogP contribution is -2.47. The molecule has 0 radical (unpaired) electrons. The molecule has 3 heterocycles. The third kappa shape index (κ3) is 6.65. The van der Waals surface area contributed by atoms with Gasteiger partial charge in [0.15, 0.2) is 0 Å². The van der Waals surface area contributed by atoms with Crippen molar-refractivity contribution in [3.05, 3.63) is 0 Å². The van der Waals surface area contributed by atoms with Crippen LogP contribution in [0.5, 0.6) is 0 Å². The molecule has 24 heavy (non-hydrogen) atoms. The molecule has 1 atom stereocenters. The predicted molar refractivity (Wildman–Crippen MR) is 98.3 cm³/mol. The van der Waals surface area contributed by atoms with E-state index >= 15 is 0 Å². The van der Waals surface area contributed by atoms with Crippen LogP contribution in [0.25, 0.3) is 0 Å². The standard InChI is InChI=1S/C16H29N3O3.2ClH/c20-16(11-15-13-22-8-3-17-15)19-4-1-14(2-5-19)12-18-6-9-21-10-7-18;;/h14-15,17H,1-13H2;2*1H. The molecule has 0 aromatic carbocycles. The second kappa shape index (κ2) is 11.5. The Bertz CT molecular complexity index is 356. The van der Waals surface area contributed by atoms with Gasteiger partial charge in [-0.15, -0.1) is 24.8 Å². The lowest BCUT2D eigenvalue weighted by Gasteiger charge is -2.36. The van der Waals surface area contributed by atoms with Crippen LogP contribution in [0.2, 0.25) is 0 Å². The summed E-state index contributed by atoms with van der Waals surface area (Å²) in [6, 6.07) is 0.201. The maximum atomic E-state index is 12.4. The molecular formula is C16H31Cl2N3O3. The summed E-state index contributed by atoms with van der Waals surface area (Å²) in [5.74, 6) is 1.02. The van der Waals surface area contributed by atoms with Gasteiger partial charge in [-0.25, -0.2) is 0 Å². The third-order valence-corrected chi connectivity index (χ3v) is 5.01. The van der Waals surface area contributed by atoms with E-state index in [1.165, 1.54) is 6.54 Å². The summed E-state index contributed by atoms with van der Waals surface area (Å²) in [6.45, 7) is 9.16. The largest absolute Gasteiger partial charge is 0.379 e. The second-order valence-electron chi connectivity index (χ2n) is 6.67. The molecule has 1 unspecified atom stereocenters. The summed E-state index contributed by atoms with van der Waals surface area (Å²) < 4.78 is 10.8. The molecule has 3 aliphatic rings. The first kappa shape index (κ1) is 21.9. The van der Waals surface area contributed by atoms with Crippen molar-refractivity contribution in [1.29, 1.82) is 0 Å². The summed E-state index contributed by atoms with van der Waals surface area (Å²) in [5, 5.41) is 3.36. The van der Waals surface area contributed by atoms with Gasteiger partial charge in [-0.3, -0.25) is 9.69 Å². The number of hydrogen-bond donors (Lipinski definition) is 1. The molecule has 3 rings (SSSR count). The van der Waals surface area contributed by atoms with E-state index in [0.717, 1.165) is 71.3 Å². The number of likely N-dealkylation sites (tertiary alicyclic amines) is 1. The first-order chi connectivity index (χ1) is 10.8. The molecule has 1 N–H and O–H groups in total. The Kier molecular flexibility index (Phi) is 10.5. The van der Waals surface area contributed by atoms with E-state index in [2.05, 4.69) is 10.2 Å². The lowest BCUT2D eigenvalue weighted by molar-refractivity contribution is -0.134. The number of nitrogens with one attached hydrogen (secondary N) is 1. The van der Waals surface area contributed by atoms with Crippen molar-refractivity contribution < 1.29 is 14.3 Å². The van der Waals surface area contributed by atoms with Crippen LogP contribution in [-0.4, -0.2) is 87.4 Å². The molecule has 142 valence electrons. The number of halogens is 2. The number of amides is 1. The monoisotopic (exact) mass is 383 g/mol. The van der Waals surface area contributed by atoms with Crippen LogP contribution < -0.4 is 5.32 Å². The summed E-state index contributed by atoms with van der Waals surface area (Å²) in [5.41, 5.74) is 0. The fraction of sp³-hybridized carbons (Fsp3) is 0.938. The fourth-order valence-electron chi connectivity index (χ4n) is 3.60. The van der Waals surface area contributed by atoms with Crippen molar-refractivity contribution >= 4 is 30.7 Å². The molecule has 0 spiro atoms. The Labute approximate surface area is 157 Å². The van der Waals surface area contributed by atoms with Crippen LogP contribution in [0, 0.1) is 5.92 Å². The summed E-state index contributed by atoms with van der Waals surface area (Å²) in [7, 11) is 0. The molecule has 8 heteroatoms. The highest BCUT2D eigenvalue weighted by atomic mass is 35.5. The highest BCUT2D eigenvalue weighted by molar-refractivity contribution is 5.85. The number of piperidine rings is 1. The Morgan fingerprint density at radius 1 is 1.00 bits per heavy atom. The van der Waals surface area contributed by atoms with Gasteiger partial charge in [0.25, 0.3) is 0 Å². The molecule has 6 nitrogen and oxygen atoms in total. The normalized spacial score (nSPS) is 26.3. The molecule has 0 saturated carbocycles. The van der Waals surface area contributed by atoms with Crippen molar-refractivity contribution in [2.75, 3.05) is 65.7 Å². The van der Waals surface area contributed by atoms with E-state index in [-0.39, 0.29) is 36.8 Å². The van der Waals surface area contributed by atoms with Crippen LogP contribution in [-0.2, 0) is 14.3 Å². The Balaban J connectivity index is 0.00000144. The van der Waals surface area contributed by atoms with Crippen LogP contribution >= 0.6 is 24.8 Å². The molecule has 0 aromatic heterocycles. The number of ether oxygens (including phenoxy) is 2. The Morgan fingerprint density at radius 3 is 2.33 bits per heavy atom. The zero-order valence-corrected chi connectivity index (χ0v) is 15.9.